The zero-order valence-electron chi connectivity index (χ0n) is 18.0. The molecule has 1 saturated heterocycles. The van der Waals surface area contributed by atoms with Crippen LogP contribution in [0.4, 0.5) is 21.5 Å². The molecule has 34 heavy (non-hydrogen) atoms. The molecule has 0 unspecified atom stereocenters. The number of benzene rings is 3. The van der Waals surface area contributed by atoms with Crippen molar-refractivity contribution in [1.82, 2.24) is 0 Å². The van der Waals surface area contributed by atoms with Gasteiger partial charge in [-0.2, -0.15) is 0 Å². The molecular formula is C25H19ClFN3O3S. The van der Waals surface area contributed by atoms with E-state index < -0.39 is 22.5 Å². The molecule has 172 valence electrons. The normalized spacial score (nSPS) is 19.1. The van der Waals surface area contributed by atoms with Crippen molar-refractivity contribution < 1.29 is 18.8 Å². The number of halogens is 2. The predicted molar refractivity (Wildman–Crippen MR) is 132 cm³/mol. The second kappa shape index (κ2) is 8.45. The average molecular weight is 496 g/mol. The van der Waals surface area contributed by atoms with Gasteiger partial charge < -0.3 is 5.32 Å². The first-order valence-electron chi connectivity index (χ1n) is 10.5. The monoisotopic (exact) mass is 495 g/mol. The zero-order chi connectivity index (χ0) is 24.0. The molecule has 0 saturated carbocycles. The smallest absolute Gasteiger partial charge is 0.269 e. The van der Waals surface area contributed by atoms with Crippen LogP contribution >= 0.6 is 23.4 Å². The molecule has 6 nitrogen and oxygen atoms in total. The molecule has 0 radical (unpaired) electrons. The van der Waals surface area contributed by atoms with E-state index in [4.69, 9.17) is 11.6 Å². The van der Waals surface area contributed by atoms with E-state index in [1.54, 1.807) is 30.3 Å². The Balaban J connectivity index is 1.54. The Morgan fingerprint density at radius 1 is 1.12 bits per heavy atom. The third-order valence-electron chi connectivity index (χ3n) is 5.81. The van der Waals surface area contributed by atoms with Gasteiger partial charge in [0.15, 0.2) is 0 Å². The highest BCUT2D eigenvalue weighted by atomic mass is 35.5. The first-order chi connectivity index (χ1) is 16.3. The van der Waals surface area contributed by atoms with Crippen LogP contribution in [0.15, 0.2) is 66.7 Å². The van der Waals surface area contributed by atoms with E-state index in [-0.39, 0.29) is 18.2 Å². The van der Waals surface area contributed by atoms with E-state index in [0.29, 0.717) is 27.6 Å². The minimum Gasteiger partial charge on any atom is -0.324 e. The van der Waals surface area contributed by atoms with E-state index in [2.05, 4.69) is 5.32 Å². The topological polar surface area (TPSA) is 69.7 Å². The summed E-state index contributed by atoms with van der Waals surface area (Å²) in [6, 6.07) is 17.7. The van der Waals surface area contributed by atoms with Gasteiger partial charge >= 0.3 is 0 Å². The van der Waals surface area contributed by atoms with Gasteiger partial charge in [-0.25, -0.2) is 4.39 Å². The number of fused-ring (bicyclic) bond motifs is 2. The van der Waals surface area contributed by atoms with Gasteiger partial charge in [-0.1, -0.05) is 35.4 Å². The second-order valence-corrected chi connectivity index (χ2v) is 9.71. The summed E-state index contributed by atoms with van der Waals surface area (Å²) in [6.07, 6.45) is 0. The summed E-state index contributed by atoms with van der Waals surface area (Å²) in [5, 5.41) is 3.24. The van der Waals surface area contributed by atoms with Gasteiger partial charge in [0, 0.05) is 22.0 Å². The van der Waals surface area contributed by atoms with E-state index in [1.807, 2.05) is 19.1 Å². The van der Waals surface area contributed by atoms with Gasteiger partial charge in [0.2, 0.25) is 16.7 Å². The Kier molecular flexibility index (Phi) is 5.58. The van der Waals surface area contributed by atoms with Crippen LogP contribution in [0.1, 0.15) is 11.1 Å². The summed E-state index contributed by atoms with van der Waals surface area (Å²) in [7, 11) is 0. The van der Waals surface area contributed by atoms with E-state index in [1.165, 1.54) is 45.8 Å². The molecule has 1 N–H and O–H groups in total. The Hall–Kier alpha value is -3.36. The van der Waals surface area contributed by atoms with E-state index >= 15 is 0 Å². The highest BCUT2D eigenvalue weighted by Gasteiger charge is 2.61. The average Bonchev–Trinajstić information content (AvgIpc) is 3.25. The molecule has 0 bridgehead atoms. The van der Waals surface area contributed by atoms with Crippen molar-refractivity contribution in [1.29, 1.82) is 0 Å². The molecule has 2 heterocycles. The Morgan fingerprint density at radius 3 is 2.62 bits per heavy atom. The van der Waals surface area contributed by atoms with E-state index in [0.717, 1.165) is 5.56 Å². The van der Waals surface area contributed by atoms with Crippen LogP contribution in [-0.2, 0) is 19.3 Å². The molecule has 1 atom stereocenters. The number of hydrogen-bond acceptors (Lipinski definition) is 4. The van der Waals surface area contributed by atoms with Crippen LogP contribution in [0.5, 0.6) is 0 Å². The minimum atomic E-state index is -1.37. The molecule has 5 rings (SSSR count). The second-order valence-electron chi connectivity index (χ2n) is 8.11. The molecule has 0 aromatic heterocycles. The summed E-state index contributed by atoms with van der Waals surface area (Å²) >= 11 is 7.21. The van der Waals surface area contributed by atoms with Gasteiger partial charge in [0.25, 0.3) is 5.91 Å². The number of anilines is 3. The van der Waals surface area contributed by atoms with Gasteiger partial charge in [0.1, 0.15) is 12.4 Å². The molecule has 2 aliphatic rings. The third kappa shape index (κ3) is 3.63. The number of hydrogen-bond donors (Lipinski definition) is 1. The molecule has 3 aromatic carbocycles. The zero-order valence-corrected chi connectivity index (χ0v) is 19.6. The third-order valence-corrected chi connectivity index (χ3v) is 7.43. The lowest BCUT2D eigenvalue weighted by molar-refractivity contribution is -0.124. The first-order valence-corrected chi connectivity index (χ1v) is 11.9. The van der Waals surface area contributed by atoms with Gasteiger partial charge in [-0.3, -0.25) is 24.2 Å². The first kappa shape index (κ1) is 22.4. The Morgan fingerprint density at radius 2 is 1.88 bits per heavy atom. The molecule has 1 spiro atoms. The number of nitrogens with one attached hydrogen (secondary N) is 1. The van der Waals surface area contributed by atoms with Crippen molar-refractivity contribution in [2.75, 3.05) is 27.4 Å². The van der Waals surface area contributed by atoms with Gasteiger partial charge in [-0.05, 0) is 55.5 Å². The summed E-state index contributed by atoms with van der Waals surface area (Å²) < 4.78 is 13.6. The van der Waals surface area contributed by atoms with Crippen LogP contribution in [0.25, 0.3) is 0 Å². The summed E-state index contributed by atoms with van der Waals surface area (Å²) in [6.45, 7) is 1.66. The van der Waals surface area contributed by atoms with Crippen molar-refractivity contribution in [3.63, 3.8) is 0 Å². The number of nitrogens with zero attached hydrogens (tertiary/aromatic N) is 2. The fourth-order valence-electron chi connectivity index (χ4n) is 4.37. The predicted octanol–water partition coefficient (Wildman–Crippen LogP) is 4.71. The lowest BCUT2D eigenvalue weighted by Gasteiger charge is -2.33. The fourth-order valence-corrected chi connectivity index (χ4v) is 5.91. The molecule has 1 fully saturated rings. The highest BCUT2D eigenvalue weighted by molar-refractivity contribution is 8.02. The molecule has 3 amide bonds. The van der Waals surface area contributed by atoms with Crippen LogP contribution in [0.3, 0.4) is 0 Å². The number of rotatable bonds is 4. The molecule has 9 heteroatoms. The van der Waals surface area contributed by atoms with Crippen molar-refractivity contribution >= 4 is 58.1 Å². The van der Waals surface area contributed by atoms with Crippen LogP contribution in [-0.4, -0.2) is 30.0 Å². The lowest BCUT2D eigenvalue weighted by Crippen LogP contribution is -2.50. The van der Waals surface area contributed by atoms with Gasteiger partial charge in [0.05, 0.1) is 11.4 Å². The SMILES string of the molecule is Cc1ccc2c(c1)[C@]1(SCC(=O)N1c1ccc(F)cc1)C(=O)N2CC(=O)Nc1cccc(Cl)c1. The van der Waals surface area contributed by atoms with E-state index in [9.17, 15) is 18.8 Å². The van der Waals surface area contributed by atoms with Crippen LogP contribution in [0, 0.1) is 12.7 Å². The standard InChI is InChI=1S/C25H19ClFN3O3S/c1-15-5-10-21-20(11-15)25(30(23(32)14-34-25)19-8-6-17(27)7-9-19)24(33)29(21)13-22(31)28-18-4-2-3-16(26)12-18/h2-12H,13-14H2,1H3,(H,28,31)/t25-/m0/s1. The van der Waals surface area contributed by atoms with Crippen molar-refractivity contribution in [2.45, 2.75) is 11.8 Å². The largest absolute Gasteiger partial charge is 0.324 e. The van der Waals surface area contributed by atoms with Crippen molar-refractivity contribution in [3.8, 4) is 0 Å². The highest BCUT2D eigenvalue weighted by Crippen LogP contribution is 2.55. The fraction of sp³-hybridized carbons (Fsp3) is 0.160. The molecular weight excluding hydrogens is 477 g/mol. The van der Waals surface area contributed by atoms with Crippen LogP contribution < -0.4 is 15.1 Å². The maximum Gasteiger partial charge on any atom is 0.269 e. The summed E-state index contributed by atoms with van der Waals surface area (Å²) in [5.41, 5.74) is 3.04. The molecule has 3 aromatic rings. The summed E-state index contributed by atoms with van der Waals surface area (Å²) in [5.74, 6) is -1.41. The van der Waals surface area contributed by atoms with Gasteiger partial charge in [-0.15, -0.1) is 11.8 Å². The number of carbonyl (C=O) groups is 3. The number of carbonyl (C=O) groups excluding carboxylic acids is 3. The maximum atomic E-state index is 14.0. The van der Waals surface area contributed by atoms with Crippen molar-refractivity contribution in [2.24, 2.45) is 0 Å². The molecule has 2 aliphatic heterocycles. The number of aryl methyl sites for hydroxylation is 1. The summed E-state index contributed by atoms with van der Waals surface area (Å²) in [4.78, 5) is 41.3. The lowest BCUT2D eigenvalue weighted by atomic mass is 10.0. The quantitative estimate of drug-likeness (QED) is 0.569. The molecule has 0 aliphatic carbocycles. The number of thioether (sulfide) groups is 1. The number of amides is 3. The maximum absolute atomic E-state index is 14.0. The van der Waals surface area contributed by atoms with Crippen molar-refractivity contribution in [3.05, 3.63) is 88.7 Å². The minimum absolute atomic E-state index is 0.0824. The Labute approximate surface area is 204 Å². The van der Waals surface area contributed by atoms with Crippen LogP contribution in [0.2, 0.25) is 5.02 Å². The Bertz CT molecular complexity index is 1330.